The van der Waals surface area contributed by atoms with E-state index in [1.807, 2.05) is 6.07 Å². The van der Waals surface area contributed by atoms with Gasteiger partial charge in [0.05, 0.1) is 0 Å². The third kappa shape index (κ3) is 3.86. The van der Waals surface area contributed by atoms with Crippen molar-refractivity contribution in [2.75, 3.05) is 26.2 Å². The zero-order valence-electron chi connectivity index (χ0n) is 11.1. The van der Waals surface area contributed by atoms with Crippen molar-refractivity contribution < 1.29 is 4.39 Å². The van der Waals surface area contributed by atoms with E-state index in [1.165, 1.54) is 12.8 Å². The van der Waals surface area contributed by atoms with Gasteiger partial charge in [0.25, 0.3) is 0 Å². The van der Waals surface area contributed by atoms with Gasteiger partial charge in [-0.2, -0.15) is 0 Å². The summed E-state index contributed by atoms with van der Waals surface area (Å²) in [6.45, 7) is 4.05. The van der Waals surface area contributed by atoms with Crippen LogP contribution in [0.3, 0.4) is 0 Å². The van der Waals surface area contributed by atoms with Crippen LogP contribution in [0.15, 0.2) is 22.7 Å². The van der Waals surface area contributed by atoms with Crippen LogP contribution in [0.2, 0.25) is 0 Å². The molecule has 2 fully saturated rings. The summed E-state index contributed by atoms with van der Waals surface area (Å²) in [5.41, 5.74) is 0.863. The fourth-order valence-corrected chi connectivity index (χ4v) is 3.46. The van der Waals surface area contributed by atoms with Crippen LogP contribution in [0.4, 0.5) is 4.39 Å². The SMILES string of the molecule is Cl.Cl.Fc1cccc(Br)c1[C@@H](C1CC1)N1CCNCC1. The minimum atomic E-state index is -0.0696. The summed E-state index contributed by atoms with van der Waals surface area (Å²) in [6.07, 6.45) is 2.46. The molecule has 6 heteroatoms. The summed E-state index contributed by atoms with van der Waals surface area (Å²) in [4.78, 5) is 2.44. The number of nitrogens with zero attached hydrogens (tertiary/aromatic N) is 1. The van der Waals surface area contributed by atoms with Gasteiger partial charge in [0.2, 0.25) is 0 Å². The Kier molecular flexibility index (Phi) is 7.22. The molecule has 0 aromatic heterocycles. The van der Waals surface area contributed by atoms with E-state index in [4.69, 9.17) is 0 Å². The highest BCUT2D eigenvalue weighted by molar-refractivity contribution is 9.10. The maximum atomic E-state index is 14.2. The third-order valence-electron chi connectivity index (χ3n) is 3.91. The van der Waals surface area contributed by atoms with Crippen LogP contribution in [0.25, 0.3) is 0 Å². The highest BCUT2D eigenvalue weighted by Crippen LogP contribution is 2.47. The molecule has 1 aromatic carbocycles. The lowest BCUT2D eigenvalue weighted by Crippen LogP contribution is -2.46. The predicted octanol–water partition coefficient (Wildman–Crippen LogP) is 3.79. The zero-order chi connectivity index (χ0) is 12.5. The molecular formula is C14H20BrCl2FN2. The maximum Gasteiger partial charge on any atom is 0.129 e. The molecule has 1 N–H and O–H groups in total. The van der Waals surface area contributed by atoms with Crippen molar-refractivity contribution in [3.63, 3.8) is 0 Å². The van der Waals surface area contributed by atoms with Gasteiger partial charge in [0.15, 0.2) is 0 Å². The van der Waals surface area contributed by atoms with Crippen LogP contribution in [0.1, 0.15) is 24.4 Å². The summed E-state index contributed by atoms with van der Waals surface area (Å²) in [7, 11) is 0. The van der Waals surface area contributed by atoms with Crippen molar-refractivity contribution in [2.45, 2.75) is 18.9 Å². The third-order valence-corrected chi connectivity index (χ3v) is 4.60. The predicted molar refractivity (Wildman–Crippen MR) is 88.5 cm³/mol. The minimum absolute atomic E-state index is 0. The summed E-state index contributed by atoms with van der Waals surface area (Å²) in [5, 5.41) is 3.36. The van der Waals surface area contributed by atoms with Gasteiger partial charge in [0.1, 0.15) is 5.82 Å². The van der Waals surface area contributed by atoms with E-state index in [-0.39, 0.29) is 36.7 Å². The van der Waals surface area contributed by atoms with E-state index < -0.39 is 0 Å². The monoisotopic (exact) mass is 384 g/mol. The Morgan fingerprint density at radius 3 is 2.40 bits per heavy atom. The lowest BCUT2D eigenvalue weighted by molar-refractivity contribution is 0.152. The molecule has 0 bridgehead atoms. The molecule has 114 valence electrons. The van der Waals surface area contributed by atoms with Gasteiger partial charge in [-0.3, -0.25) is 4.90 Å². The number of benzene rings is 1. The molecular weight excluding hydrogens is 366 g/mol. The Hall–Kier alpha value is 0.130. The van der Waals surface area contributed by atoms with E-state index in [0.29, 0.717) is 5.92 Å². The molecule has 1 atom stereocenters. The van der Waals surface area contributed by atoms with Gasteiger partial charge in [-0.15, -0.1) is 24.8 Å². The van der Waals surface area contributed by atoms with E-state index in [2.05, 4.69) is 26.1 Å². The van der Waals surface area contributed by atoms with Crippen molar-refractivity contribution in [1.82, 2.24) is 10.2 Å². The highest BCUT2D eigenvalue weighted by Gasteiger charge is 2.38. The lowest BCUT2D eigenvalue weighted by Gasteiger charge is -2.36. The number of hydrogen-bond donors (Lipinski definition) is 1. The molecule has 0 spiro atoms. The van der Waals surface area contributed by atoms with Crippen molar-refractivity contribution in [2.24, 2.45) is 5.92 Å². The topological polar surface area (TPSA) is 15.3 Å². The van der Waals surface area contributed by atoms with E-state index in [1.54, 1.807) is 12.1 Å². The Balaban J connectivity index is 0.000001000. The van der Waals surface area contributed by atoms with Gasteiger partial charge in [-0.05, 0) is 30.9 Å². The first-order valence-electron chi connectivity index (χ1n) is 6.66. The standard InChI is InChI=1S/C14H18BrFN2.2ClH/c15-11-2-1-3-12(16)13(11)14(10-4-5-10)18-8-6-17-7-9-18;;/h1-3,10,14,17H,4-9H2;2*1H/t14-;;/m1../s1. The number of nitrogens with one attached hydrogen (secondary N) is 1. The van der Waals surface area contributed by atoms with Gasteiger partial charge < -0.3 is 5.32 Å². The Labute approximate surface area is 140 Å². The van der Waals surface area contributed by atoms with Crippen LogP contribution in [-0.4, -0.2) is 31.1 Å². The summed E-state index contributed by atoms with van der Waals surface area (Å²) >= 11 is 3.53. The average molecular weight is 386 g/mol. The molecule has 0 amide bonds. The molecule has 1 heterocycles. The fourth-order valence-electron chi connectivity index (χ4n) is 2.88. The lowest BCUT2D eigenvalue weighted by atomic mass is 9.99. The molecule has 2 nitrogen and oxygen atoms in total. The minimum Gasteiger partial charge on any atom is -0.314 e. The number of rotatable bonds is 3. The second-order valence-electron chi connectivity index (χ2n) is 5.20. The summed E-state index contributed by atoms with van der Waals surface area (Å²) < 4.78 is 15.1. The zero-order valence-corrected chi connectivity index (χ0v) is 14.4. The van der Waals surface area contributed by atoms with Crippen molar-refractivity contribution in [3.05, 3.63) is 34.1 Å². The van der Waals surface area contributed by atoms with Crippen LogP contribution >= 0.6 is 40.7 Å². The molecule has 1 saturated heterocycles. The second kappa shape index (κ2) is 7.95. The molecule has 1 aliphatic carbocycles. The highest BCUT2D eigenvalue weighted by atomic mass is 79.9. The van der Waals surface area contributed by atoms with Gasteiger partial charge in [-0.1, -0.05) is 22.0 Å². The van der Waals surface area contributed by atoms with Crippen molar-refractivity contribution in [1.29, 1.82) is 0 Å². The number of halogens is 4. The van der Waals surface area contributed by atoms with E-state index in [0.717, 1.165) is 36.2 Å². The molecule has 20 heavy (non-hydrogen) atoms. The van der Waals surface area contributed by atoms with E-state index >= 15 is 0 Å². The largest absolute Gasteiger partial charge is 0.314 e. The Morgan fingerprint density at radius 1 is 1.20 bits per heavy atom. The Morgan fingerprint density at radius 2 is 1.85 bits per heavy atom. The fraction of sp³-hybridized carbons (Fsp3) is 0.571. The normalized spacial score (nSPS) is 20.7. The molecule has 1 aromatic rings. The molecule has 3 rings (SSSR count). The van der Waals surface area contributed by atoms with Gasteiger partial charge in [-0.25, -0.2) is 4.39 Å². The average Bonchev–Trinajstić information content (AvgIpc) is 3.19. The Bertz CT molecular complexity index is 417. The van der Waals surface area contributed by atoms with E-state index in [9.17, 15) is 4.39 Å². The van der Waals surface area contributed by atoms with Crippen LogP contribution < -0.4 is 5.32 Å². The maximum absolute atomic E-state index is 14.2. The quantitative estimate of drug-likeness (QED) is 0.851. The van der Waals surface area contributed by atoms with Gasteiger partial charge >= 0.3 is 0 Å². The molecule has 1 saturated carbocycles. The number of piperazine rings is 1. The first-order chi connectivity index (χ1) is 8.77. The van der Waals surface area contributed by atoms with Crippen LogP contribution in [0.5, 0.6) is 0 Å². The van der Waals surface area contributed by atoms with Crippen molar-refractivity contribution in [3.8, 4) is 0 Å². The van der Waals surface area contributed by atoms with Crippen LogP contribution in [-0.2, 0) is 0 Å². The smallest absolute Gasteiger partial charge is 0.129 e. The second-order valence-corrected chi connectivity index (χ2v) is 6.06. The van der Waals surface area contributed by atoms with Gasteiger partial charge in [0, 0.05) is 42.3 Å². The molecule has 0 radical (unpaired) electrons. The van der Waals surface area contributed by atoms with Crippen molar-refractivity contribution >= 4 is 40.7 Å². The molecule has 2 aliphatic rings. The first-order valence-corrected chi connectivity index (χ1v) is 7.45. The summed E-state index contributed by atoms with van der Waals surface area (Å²) in [5.74, 6) is 0.566. The molecule has 1 aliphatic heterocycles. The van der Waals surface area contributed by atoms with Crippen LogP contribution in [0, 0.1) is 11.7 Å². The number of hydrogen-bond acceptors (Lipinski definition) is 2. The summed E-state index contributed by atoms with van der Waals surface area (Å²) in [6, 6.07) is 5.56. The first kappa shape index (κ1) is 18.2. The molecule has 0 unspecified atom stereocenters.